The average molecular weight is 1750 g/mol. The van der Waals surface area contributed by atoms with Crippen molar-refractivity contribution in [2.24, 2.45) is 35.3 Å². The monoisotopic (exact) mass is 1750 g/mol. The Bertz CT molecular complexity index is 4430. The Kier molecular flexibility index (Phi) is 40.4. The number of benzene rings is 1. The van der Waals surface area contributed by atoms with Gasteiger partial charge in [0, 0.05) is 107 Å². The zero-order valence-corrected chi connectivity index (χ0v) is 73.3. The van der Waals surface area contributed by atoms with Gasteiger partial charge < -0.3 is 110 Å². The highest BCUT2D eigenvalue weighted by molar-refractivity contribution is 6.39. The number of nitrogens with one attached hydrogen (secondary N) is 4. The molecule has 2 saturated heterocycles. The number of piperidine rings is 1. The standard InChI is InChI=1S/C88H130N14O23/c1-55-16-10-9-11-17-56(2)72(115-7)50-65-22-19-60(6)88(114,125-65)82(110)85(111)100-30-14-12-18-70(100)86(112)124-73(51-71(104)57(3)45-59(5)80(108)81(109)79(107)58(4)44-55)66(89)46-61-20-24-69(74(47-61)116-8)102-52-63(97-99-102)53-123-87(113)93-29-35-120-39-43-122-41-37-118-33-26-76(106)92-28-34-119-38-42-121-40-36-117-32-25-75(105)91-27-13-15-31-101-84-77(83(90)94-54-95-84)78(98-101)68-49-62-48-64(103)21-23-67(62)96-68/h9-11,16-17,21,23,45,48-49,52,54-55,57-58,60-61,65-66,69-70,72-74,80-81,96,103,108-109,114H,12-15,18-20,22,24-44,46-47,50-51,53,89H2,1-8H3,(H,91,105)(H,92,106)(H,93,113)(H2,90,94,95)/b11-9+,16-10+,56-17+,59-45+/t55-,57-,58-,60-,61+,65+,66-,69+,70+,72+,73+,74-,80-,81+,88-/m1/s1. The zero-order chi connectivity index (χ0) is 90.0. The number of H-pyrrole nitrogens is 1. The molecule has 690 valence electrons. The van der Waals surface area contributed by atoms with Gasteiger partial charge in [0.1, 0.15) is 66.0 Å². The molecule has 1 aliphatic carbocycles. The predicted octanol–water partition coefficient (Wildman–Crippen LogP) is 6.08. The number of cyclic esters (lactones) is 1. The molecule has 15 atom stereocenters. The molecule has 1 aromatic carbocycles. The number of ketones is 3. The number of aliphatic hydroxyl groups excluding tert-OH is 2. The molecule has 3 aliphatic heterocycles. The van der Waals surface area contributed by atoms with Gasteiger partial charge in [-0.3, -0.25) is 28.8 Å². The molecule has 1 saturated carbocycles. The summed E-state index contributed by atoms with van der Waals surface area (Å²) in [6, 6.07) is 4.45. The molecule has 125 heavy (non-hydrogen) atoms. The van der Waals surface area contributed by atoms with Crippen LogP contribution in [0.3, 0.4) is 0 Å². The van der Waals surface area contributed by atoms with Gasteiger partial charge in [0.05, 0.1) is 121 Å². The summed E-state index contributed by atoms with van der Waals surface area (Å²) in [7, 11) is 3.12. The third-order valence-electron chi connectivity index (χ3n) is 23.3. The number of phenols is 1. The number of carbonyl (C=O) groups is 8. The van der Waals surface area contributed by atoms with Gasteiger partial charge in [0.2, 0.25) is 17.6 Å². The second-order valence-corrected chi connectivity index (χ2v) is 32.8. The number of amides is 4. The molecule has 0 unspecified atom stereocenters. The van der Waals surface area contributed by atoms with Crippen LogP contribution in [0.2, 0.25) is 0 Å². The Morgan fingerprint density at radius 1 is 0.744 bits per heavy atom. The number of allylic oxidation sites excluding steroid dienone is 6. The summed E-state index contributed by atoms with van der Waals surface area (Å²) in [5.74, 6) is -9.08. The van der Waals surface area contributed by atoms with Gasteiger partial charge in [-0.05, 0) is 138 Å². The first kappa shape index (κ1) is 99.4. The highest BCUT2D eigenvalue weighted by Gasteiger charge is 2.53. The Morgan fingerprint density at radius 3 is 2.12 bits per heavy atom. The maximum atomic E-state index is 14.7. The lowest BCUT2D eigenvalue weighted by atomic mass is 9.79. The van der Waals surface area contributed by atoms with E-state index in [1.807, 2.05) is 50.3 Å². The van der Waals surface area contributed by atoms with Crippen LogP contribution in [0.25, 0.3) is 33.3 Å². The highest BCUT2D eigenvalue weighted by atomic mass is 16.6. The Labute approximate surface area is 729 Å². The highest BCUT2D eigenvalue weighted by Crippen LogP contribution is 2.40. The van der Waals surface area contributed by atoms with E-state index in [0.717, 1.165) is 33.5 Å². The number of phenolic OH excluding ortho intramolecular Hbond substituents is 1. The maximum absolute atomic E-state index is 14.7. The normalized spacial score (nSPS) is 26.6. The van der Waals surface area contributed by atoms with E-state index in [9.17, 15) is 58.8 Å². The number of rotatable bonds is 38. The van der Waals surface area contributed by atoms with Crippen molar-refractivity contribution in [2.45, 2.75) is 218 Å². The minimum Gasteiger partial charge on any atom is -0.508 e. The number of esters is 1. The minimum atomic E-state index is -2.51. The molecule has 4 aliphatic rings. The number of fused-ring (bicyclic) bond motifs is 5. The fourth-order valence-electron chi connectivity index (χ4n) is 16.0. The number of hydrogen-bond acceptors (Lipinski definition) is 30. The van der Waals surface area contributed by atoms with Crippen LogP contribution in [0, 0.1) is 29.6 Å². The van der Waals surface area contributed by atoms with Gasteiger partial charge in [-0.1, -0.05) is 69.4 Å². The number of aliphatic hydroxyl groups is 3. The van der Waals surface area contributed by atoms with Crippen molar-refractivity contribution in [2.75, 3.05) is 125 Å². The molecule has 5 aromatic rings. The molecular weight excluding hydrogens is 1620 g/mol. The molecule has 3 fully saturated rings. The molecule has 12 N–H and O–H groups in total. The van der Waals surface area contributed by atoms with Crippen LogP contribution in [-0.4, -0.2) is 286 Å². The number of aryl methyl sites for hydroxylation is 1. The lowest BCUT2D eigenvalue weighted by molar-refractivity contribution is -0.265. The van der Waals surface area contributed by atoms with Crippen molar-refractivity contribution in [3.8, 4) is 17.1 Å². The van der Waals surface area contributed by atoms with E-state index >= 15 is 0 Å². The van der Waals surface area contributed by atoms with Gasteiger partial charge in [0.15, 0.2) is 11.4 Å². The summed E-state index contributed by atoms with van der Waals surface area (Å²) in [5, 5.41) is 67.8. The molecule has 37 nitrogen and oxygen atoms in total. The maximum Gasteiger partial charge on any atom is 0.407 e. The van der Waals surface area contributed by atoms with E-state index < -0.39 is 114 Å². The van der Waals surface area contributed by atoms with Crippen molar-refractivity contribution in [3.63, 3.8) is 0 Å². The summed E-state index contributed by atoms with van der Waals surface area (Å²) < 4.78 is 66.5. The molecular formula is C88H130N14O23. The number of Topliss-reactive ketones (excluding diaryl/α,β-unsaturated/α-hetero) is 3. The van der Waals surface area contributed by atoms with Crippen molar-refractivity contribution in [1.29, 1.82) is 0 Å². The molecule has 0 radical (unpaired) electrons. The van der Waals surface area contributed by atoms with Gasteiger partial charge in [-0.25, -0.2) is 28.9 Å². The van der Waals surface area contributed by atoms with E-state index in [-0.39, 0.29) is 139 Å². The SMILES string of the molecule is CO[C@H]1C[C@@H]2CC[C@@H](C)[C@@](O)(O2)C(=O)C(=O)N2CCCC[C@H]2C(=O)O[C@H]([C@H](N)C[C@@H]2CC[C@H](n3cc(COC(=O)NCCOCCOCCOCCC(=O)NCCOCCOCCOCCC(=O)NCCCCn4nc(-c5cc6cc(O)ccc6[nH]5)c5c(N)ncnc54)nn3)[C@H](OC)C2)CC(=O)[C@H](C)/C=C(\C)[C@@H](O)[C@@H](O)C(=O)[C@H](C)C[C@H](C)/C=C/C=C/C=C/1C. The summed E-state index contributed by atoms with van der Waals surface area (Å²) >= 11 is 0. The van der Waals surface area contributed by atoms with E-state index in [1.165, 1.54) is 19.3 Å². The third kappa shape index (κ3) is 30.2. The fourth-order valence-corrected chi connectivity index (χ4v) is 16.0. The number of methoxy groups -OCH3 is 2. The van der Waals surface area contributed by atoms with Crippen molar-refractivity contribution in [1.82, 2.24) is 60.6 Å². The topological polar surface area (TPSA) is 500 Å². The van der Waals surface area contributed by atoms with Crippen LogP contribution < -0.4 is 27.4 Å². The first-order valence-electron chi connectivity index (χ1n) is 43.7. The van der Waals surface area contributed by atoms with E-state index in [0.29, 0.717) is 139 Å². The number of aromatic hydroxyl groups is 1. The number of carbonyl (C=O) groups excluding carboxylic acids is 8. The third-order valence-corrected chi connectivity index (χ3v) is 23.3. The number of unbranched alkanes of at least 4 members (excludes halogenated alkanes) is 1. The number of ether oxygens (including phenoxy) is 11. The van der Waals surface area contributed by atoms with Gasteiger partial charge in [0.25, 0.3) is 11.7 Å². The molecule has 9 rings (SSSR count). The number of nitrogens with two attached hydrogens (primary N) is 2. The number of anilines is 1. The van der Waals surface area contributed by atoms with E-state index in [1.54, 1.807) is 68.8 Å². The number of alkyl carbamates (subject to hydrolysis) is 1. The molecule has 7 heterocycles. The van der Waals surface area contributed by atoms with Crippen LogP contribution in [0.5, 0.6) is 5.75 Å². The van der Waals surface area contributed by atoms with Crippen molar-refractivity contribution < 1.29 is 111 Å². The summed E-state index contributed by atoms with van der Waals surface area (Å²) in [5.41, 5.74) is 17.5. The number of nitrogens with zero attached hydrogens (tertiary/aromatic N) is 8. The van der Waals surface area contributed by atoms with Gasteiger partial charge in [-0.2, -0.15) is 5.10 Å². The summed E-state index contributed by atoms with van der Waals surface area (Å²) in [4.78, 5) is 122. The first-order valence-corrected chi connectivity index (χ1v) is 43.7. The Balaban J connectivity index is 0.610. The smallest absolute Gasteiger partial charge is 0.407 e. The summed E-state index contributed by atoms with van der Waals surface area (Å²) in [6.07, 6.45) is 12.7. The number of aromatic amines is 1. The number of nitrogen functional groups attached to an aromatic ring is 1. The van der Waals surface area contributed by atoms with Crippen LogP contribution in [0.4, 0.5) is 10.6 Å². The quantitative estimate of drug-likeness (QED) is 0.00925. The Hall–Kier alpha value is -9.35. The number of aromatic nitrogens is 8. The first-order chi connectivity index (χ1) is 60.2. The second-order valence-electron chi connectivity index (χ2n) is 32.8. The van der Waals surface area contributed by atoms with Crippen LogP contribution >= 0.6 is 0 Å². The summed E-state index contributed by atoms with van der Waals surface area (Å²) in [6.45, 7) is 15.0. The van der Waals surface area contributed by atoms with Crippen molar-refractivity contribution in [3.05, 3.63) is 90.1 Å². The predicted molar refractivity (Wildman–Crippen MR) is 458 cm³/mol. The number of hydrogen-bond donors (Lipinski definition) is 10. The van der Waals surface area contributed by atoms with E-state index in [4.69, 9.17) is 68.7 Å². The van der Waals surface area contributed by atoms with Crippen LogP contribution in [0.15, 0.2) is 84.4 Å². The largest absolute Gasteiger partial charge is 0.508 e. The van der Waals surface area contributed by atoms with Crippen LogP contribution in [-0.2, 0) is 98.8 Å². The molecule has 37 heteroatoms. The molecule has 4 aromatic heterocycles. The Morgan fingerprint density at radius 2 is 1.42 bits per heavy atom. The molecule has 4 amide bonds. The zero-order valence-electron chi connectivity index (χ0n) is 73.3. The molecule has 2 bridgehead atoms. The average Bonchev–Trinajstić information content (AvgIpc) is 1.72. The van der Waals surface area contributed by atoms with Gasteiger partial charge in [-0.15, -0.1) is 5.10 Å². The van der Waals surface area contributed by atoms with Crippen LogP contribution in [0.1, 0.15) is 156 Å². The fraction of sp³-hybridized carbons (Fsp3) is 0.648. The second kappa shape index (κ2) is 50.9. The van der Waals surface area contributed by atoms with Crippen molar-refractivity contribution >= 4 is 74.9 Å². The molecule has 0 spiro atoms. The lowest BCUT2D eigenvalue weighted by Crippen LogP contribution is -2.61. The van der Waals surface area contributed by atoms with E-state index in [2.05, 4.69) is 41.2 Å². The lowest BCUT2D eigenvalue weighted by Gasteiger charge is -2.42. The van der Waals surface area contributed by atoms with Gasteiger partial charge >= 0.3 is 12.1 Å². The minimum absolute atomic E-state index is 0.00273.